The lowest BCUT2D eigenvalue weighted by molar-refractivity contribution is 0.0235. The standard InChI is InChI=1S/C18H34N2O2/c1-14-6-10-18(5,11-7-14)20-12-8-15(9-13-20)19-16(21)22-17(2,3)4/h14-15H,6-13H2,1-5H3,(H,19,21). The van der Waals surface area contributed by atoms with Gasteiger partial charge in [0.2, 0.25) is 0 Å². The highest BCUT2D eigenvalue weighted by Crippen LogP contribution is 2.37. The number of hydrogen-bond donors (Lipinski definition) is 1. The Morgan fingerprint density at radius 1 is 1.14 bits per heavy atom. The van der Waals surface area contributed by atoms with Gasteiger partial charge in [0.05, 0.1) is 0 Å². The summed E-state index contributed by atoms with van der Waals surface area (Å²) in [6, 6.07) is 0.261. The van der Waals surface area contributed by atoms with Crippen molar-refractivity contribution in [2.75, 3.05) is 13.1 Å². The minimum Gasteiger partial charge on any atom is -0.444 e. The van der Waals surface area contributed by atoms with E-state index in [9.17, 15) is 4.79 Å². The average molecular weight is 310 g/mol. The predicted molar refractivity (Wildman–Crippen MR) is 90.0 cm³/mol. The van der Waals surface area contributed by atoms with Gasteiger partial charge >= 0.3 is 6.09 Å². The number of piperidine rings is 1. The number of carbonyl (C=O) groups is 1. The van der Waals surface area contributed by atoms with Crippen LogP contribution in [0.1, 0.15) is 73.1 Å². The number of nitrogens with zero attached hydrogens (tertiary/aromatic N) is 1. The number of hydrogen-bond acceptors (Lipinski definition) is 3. The SMILES string of the molecule is CC1CCC(C)(N2CCC(NC(=O)OC(C)(C)C)CC2)CC1. The molecule has 2 fully saturated rings. The van der Waals surface area contributed by atoms with Crippen LogP contribution >= 0.6 is 0 Å². The topological polar surface area (TPSA) is 41.6 Å². The second-order valence-corrected chi connectivity index (χ2v) is 8.59. The lowest BCUT2D eigenvalue weighted by Crippen LogP contribution is -2.54. The maximum Gasteiger partial charge on any atom is 0.407 e. The van der Waals surface area contributed by atoms with Crippen LogP contribution in [-0.2, 0) is 4.74 Å². The molecule has 1 saturated carbocycles. The maximum absolute atomic E-state index is 11.9. The first-order valence-corrected chi connectivity index (χ1v) is 8.92. The molecule has 128 valence electrons. The highest BCUT2D eigenvalue weighted by atomic mass is 16.6. The Bertz CT molecular complexity index is 373. The van der Waals surface area contributed by atoms with Crippen LogP contribution in [-0.4, -0.2) is 41.3 Å². The van der Waals surface area contributed by atoms with E-state index >= 15 is 0 Å². The Hall–Kier alpha value is -0.770. The molecule has 1 heterocycles. The smallest absolute Gasteiger partial charge is 0.407 e. The first kappa shape index (κ1) is 17.6. The minimum absolute atomic E-state index is 0.261. The van der Waals surface area contributed by atoms with Gasteiger partial charge in [-0.2, -0.15) is 0 Å². The van der Waals surface area contributed by atoms with Crippen LogP contribution in [0.4, 0.5) is 4.79 Å². The summed E-state index contributed by atoms with van der Waals surface area (Å²) in [5.74, 6) is 0.888. The summed E-state index contributed by atoms with van der Waals surface area (Å²) in [7, 11) is 0. The van der Waals surface area contributed by atoms with Crippen LogP contribution in [0.15, 0.2) is 0 Å². The third-order valence-corrected chi connectivity index (χ3v) is 5.33. The summed E-state index contributed by atoms with van der Waals surface area (Å²) in [6.45, 7) is 12.7. The molecule has 1 aliphatic carbocycles. The molecule has 0 unspecified atom stereocenters. The normalized spacial score (nSPS) is 31.8. The van der Waals surface area contributed by atoms with Gasteiger partial charge in [0.15, 0.2) is 0 Å². The number of rotatable bonds is 2. The molecule has 0 bridgehead atoms. The zero-order valence-corrected chi connectivity index (χ0v) is 15.1. The molecule has 0 aromatic rings. The van der Waals surface area contributed by atoms with Crippen LogP contribution in [0, 0.1) is 5.92 Å². The summed E-state index contributed by atoms with van der Waals surface area (Å²) in [6.07, 6.45) is 7.13. The Labute approximate surface area is 136 Å². The van der Waals surface area contributed by atoms with Gasteiger partial charge < -0.3 is 10.1 Å². The van der Waals surface area contributed by atoms with E-state index in [0.717, 1.165) is 31.8 Å². The van der Waals surface area contributed by atoms with Gasteiger partial charge in [0.25, 0.3) is 0 Å². The van der Waals surface area contributed by atoms with E-state index in [2.05, 4.69) is 24.1 Å². The molecule has 1 saturated heterocycles. The predicted octanol–water partition coefficient (Wildman–Crippen LogP) is 3.94. The Kier molecular flexibility index (Phi) is 5.41. The first-order valence-electron chi connectivity index (χ1n) is 8.92. The molecule has 2 rings (SSSR count). The third kappa shape index (κ3) is 4.87. The third-order valence-electron chi connectivity index (χ3n) is 5.33. The van der Waals surface area contributed by atoms with Gasteiger partial charge in [0.1, 0.15) is 5.60 Å². The summed E-state index contributed by atoms with van der Waals surface area (Å²) >= 11 is 0. The summed E-state index contributed by atoms with van der Waals surface area (Å²) in [4.78, 5) is 14.5. The molecule has 0 atom stereocenters. The summed E-state index contributed by atoms with van der Waals surface area (Å²) in [5, 5.41) is 3.03. The van der Waals surface area contributed by atoms with Crippen molar-refractivity contribution in [3.63, 3.8) is 0 Å². The Morgan fingerprint density at radius 2 is 1.68 bits per heavy atom. The fourth-order valence-electron chi connectivity index (χ4n) is 3.74. The summed E-state index contributed by atoms with van der Waals surface area (Å²) in [5.41, 5.74) is -0.0412. The molecule has 0 spiro atoms. The van der Waals surface area contributed by atoms with Crippen LogP contribution in [0.3, 0.4) is 0 Å². The molecule has 4 nitrogen and oxygen atoms in total. The van der Waals surface area contributed by atoms with Crippen molar-refractivity contribution in [2.24, 2.45) is 5.92 Å². The number of amides is 1. The van der Waals surface area contributed by atoms with Crippen LogP contribution in [0.25, 0.3) is 0 Å². The van der Waals surface area contributed by atoms with Crippen molar-refractivity contribution in [1.82, 2.24) is 10.2 Å². The van der Waals surface area contributed by atoms with Crippen molar-refractivity contribution in [3.8, 4) is 0 Å². The van der Waals surface area contributed by atoms with Crippen molar-refractivity contribution in [2.45, 2.75) is 90.3 Å². The lowest BCUT2D eigenvalue weighted by Gasteiger charge is -2.48. The monoisotopic (exact) mass is 310 g/mol. The first-order chi connectivity index (χ1) is 10.2. The maximum atomic E-state index is 11.9. The fraction of sp³-hybridized carbons (Fsp3) is 0.944. The van der Waals surface area contributed by atoms with Crippen molar-refractivity contribution < 1.29 is 9.53 Å². The van der Waals surface area contributed by atoms with Gasteiger partial charge in [-0.25, -0.2) is 4.79 Å². The Balaban J connectivity index is 1.77. The molecule has 1 aliphatic heterocycles. The largest absolute Gasteiger partial charge is 0.444 e. The van der Waals surface area contributed by atoms with E-state index in [-0.39, 0.29) is 12.1 Å². The summed E-state index contributed by atoms with van der Waals surface area (Å²) < 4.78 is 5.35. The van der Waals surface area contributed by atoms with E-state index in [1.807, 2.05) is 20.8 Å². The zero-order valence-electron chi connectivity index (χ0n) is 15.1. The van der Waals surface area contributed by atoms with E-state index in [0.29, 0.717) is 5.54 Å². The molecular weight excluding hydrogens is 276 g/mol. The molecule has 1 N–H and O–H groups in total. The molecule has 0 radical (unpaired) electrons. The van der Waals surface area contributed by atoms with Crippen LogP contribution < -0.4 is 5.32 Å². The molecule has 0 aromatic carbocycles. The van der Waals surface area contributed by atoms with E-state index in [4.69, 9.17) is 4.74 Å². The van der Waals surface area contributed by atoms with E-state index in [1.165, 1.54) is 25.7 Å². The van der Waals surface area contributed by atoms with E-state index < -0.39 is 5.60 Å². The molecule has 1 amide bonds. The Morgan fingerprint density at radius 3 is 2.18 bits per heavy atom. The number of alkyl carbamates (subject to hydrolysis) is 1. The van der Waals surface area contributed by atoms with Crippen molar-refractivity contribution in [3.05, 3.63) is 0 Å². The van der Waals surface area contributed by atoms with Crippen LogP contribution in [0.5, 0.6) is 0 Å². The highest BCUT2D eigenvalue weighted by molar-refractivity contribution is 5.68. The fourth-order valence-corrected chi connectivity index (χ4v) is 3.74. The number of ether oxygens (including phenoxy) is 1. The second kappa shape index (κ2) is 6.77. The zero-order chi connectivity index (χ0) is 16.4. The quantitative estimate of drug-likeness (QED) is 0.840. The molecule has 2 aliphatic rings. The highest BCUT2D eigenvalue weighted by Gasteiger charge is 2.37. The lowest BCUT2D eigenvalue weighted by atomic mass is 9.76. The van der Waals surface area contributed by atoms with Gasteiger partial charge in [-0.05, 0) is 72.1 Å². The van der Waals surface area contributed by atoms with Gasteiger partial charge in [-0.3, -0.25) is 4.90 Å². The van der Waals surface area contributed by atoms with E-state index in [1.54, 1.807) is 0 Å². The molecule has 22 heavy (non-hydrogen) atoms. The van der Waals surface area contributed by atoms with Gasteiger partial charge in [0, 0.05) is 24.7 Å². The average Bonchev–Trinajstić information content (AvgIpc) is 2.41. The molecule has 0 aromatic heterocycles. The van der Waals surface area contributed by atoms with Crippen molar-refractivity contribution in [1.29, 1.82) is 0 Å². The number of likely N-dealkylation sites (tertiary alicyclic amines) is 1. The van der Waals surface area contributed by atoms with Gasteiger partial charge in [-0.1, -0.05) is 6.92 Å². The van der Waals surface area contributed by atoms with Crippen molar-refractivity contribution >= 4 is 6.09 Å². The number of carbonyl (C=O) groups excluding carboxylic acids is 1. The minimum atomic E-state index is -0.420. The molecular formula is C18H34N2O2. The second-order valence-electron chi connectivity index (χ2n) is 8.59. The van der Waals surface area contributed by atoms with Gasteiger partial charge in [-0.15, -0.1) is 0 Å². The molecule has 4 heteroatoms. The van der Waals surface area contributed by atoms with Crippen LogP contribution in [0.2, 0.25) is 0 Å². The number of nitrogens with one attached hydrogen (secondary N) is 1.